The number of H-pyrrole nitrogens is 1. The van der Waals surface area contributed by atoms with Crippen molar-refractivity contribution >= 4 is 5.91 Å². The number of hydrogen-bond acceptors (Lipinski definition) is 2. The molecule has 1 aliphatic carbocycles. The van der Waals surface area contributed by atoms with Crippen molar-refractivity contribution in [2.45, 2.75) is 26.8 Å². The van der Waals surface area contributed by atoms with Gasteiger partial charge >= 0.3 is 0 Å². The van der Waals surface area contributed by atoms with E-state index in [1.54, 1.807) is 11.1 Å². The molecule has 1 atom stereocenters. The average Bonchev–Trinajstić information content (AvgIpc) is 2.63. The van der Waals surface area contributed by atoms with Gasteiger partial charge in [0.25, 0.3) is 0 Å². The number of nitrogens with one attached hydrogen (secondary N) is 1. The Balaban J connectivity index is 1.92. The highest BCUT2D eigenvalue weighted by Gasteiger charge is 2.51. The standard InChI is InChI=1S/C11H17N3O/c1-11(2)4-9(11)10(15)14(3)7-8-5-12-13-6-8/h5-6,9H,4,7H2,1-3H3,(H,12,13). The fourth-order valence-electron chi connectivity index (χ4n) is 1.87. The quantitative estimate of drug-likeness (QED) is 0.814. The second kappa shape index (κ2) is 3.36. The first kappa shape index (κ1) is 10.2. The highest BCUT2D eigenvalue weighted by atomic mass is 16.2. The molecule has 1 amide bonds. The van der Waals surface area contributed by atoms with E-state index in [-0.39, 0.29) is 17.2 Å². The molecule has 0 aromatic carbocycles. The van der Waals surface area contributed by atoms with Crippen LogP contribution in [-0.4, -0.2) is 28.1 Å². The maximum atomic E-state index is 11.9. The van der Waals surface area contributed by atoms with Crippen LogP contribution in [0, 0.1) is 11.3 Å². The van der Waals surface area contributed by atoms with Crippen LogP contribution in [0.15, 0.2) is 12.4 Å². The molecule has 4 heteroatoms. The lowest BCUT2D eigenvalue weighted by molar-refractivity contribution is -0.132. The zero-order valence-corrected chi connectivity index (χ0v) is 9.45. The van der Waals surface area contributed by atoms with Crippen LogP contribution in [0.1, 0.15) is 25.8 Å². The maximum Gasteiger partial charge on any atom is 0.226 e. The van der Waals surface area contributed by atoms with Gasteiger partial charge in [-0.2, -0.15) is 5.10 Å². The van der Waals surface area contributed by atoms with E-state index in [9.17, 15) is 4.79 Å². The molecule has 1 N–H and O–H groups in total. The molecule has 1 aliphatic rings. The van der Waals surface area contributed by atoms with Crippen molar-refractivity contribution in [1.29, 1.82) is 0 Å². The van der Waals surface area contributed by atoms with E-state index in [4.69, 9.17) is 0 Å². The minimum absolute atomic E-state index is 0.210. The molecular formula is C11H17N3O. The number of aromatic nitrogens is 2. The molecule has 0 spiro atoms. The van der Waals surface area contributed by atoms with Gasteiger partial charge in [-0.3, -0.25) is 9.89 Å². The fraction of sp³-hybridized carbons (Fsp3) is 0.636. The van der Waals surface area contributed by atoms with Crippen molar-refractivity contribution < 1.29 is 4.79 Å². The molecule has 82 valence electrons. The molecule has 1 heterocycles. The van der Waals surface area contributed by atoms with Gasteiger partial charge in [0.15, 0.2) is 0 Å². The minimum atomic E-state index is 0.210. The molecule has 1 aromatic heterocycles. The molecule has 15 heavy (non-hydrogen) atoms. The summed E-state index contributed by atoms with van der Waals surface area (Å²) in [6.07, 6.45) is 4.59. The first-order valence-electron chi connectivity index (χ1n) is 5.23. The van der Waals surface area contributed by atoms with E-state index in [0.717, 1.165) is 12.0 Å². The zero-order chi connectivity index (χ0) is 11.1. The molecule has 1 fully saturated rings. The summed E-state index contributed by atoms with van der Waals surface area (Å²) in [7, 11) is 1.85. The van der Waals surface area contributed by atoms with Crippen molar-refractivity contribution in [2.75, 3.05) is 7.05 Å². The summed E-state index contributed by atoms with van der Waals surface area (Å²) in [6.45, 7) is 4.92. The topological polar surface area (TPSA) is 49.0 Å². The normalized spacial score (nSPS) is 22.5. The second-order valence-corrected chi connectivity index (χ2v) is 5.05. The van der Waals surface area contributed by atoms with E-state index < -0.39 is 0 Å². The largest absolute Gasteiger partial charge is 0.341 e. The minimum Gasteiger partial charge on any atom is -0.341 e. The molecule has 1 unspecified atom stereocenters. The average molecular weight is 207 g/mol. The predicted octanol–water partition coefficient (Wildman–Crippen LogP) is 1.41. The van der Waals surface area contributed by atoms with Gasteiger partial charge < -0.3 is 4.90 Å². The van der Waals surface area contributed by atoms with E-state index in [1.807, 2.05) is 13.2 Å². The Hall–Kier alpha value is -1.32. The van der Waals surface area contributed by atoms with Crippen LogP contribution in [0.2, 0.25) is 0 Å². The Morgan fingerprint density at radius 2 is 2.40 bits per heavy atom. The lowest BCUT2D eigenvalue weighted by Gasteiger charge is -2.17. The summed E-state index contributed by atoms with van der Waals surface area (Å²) in [5.41, 5.74) is 1.26. The summed E-state index contributed by atoms with van der Waals surface area (Å²) in [6, 6.07) is 0. The van der Waals surface area contributed by atoms with Crippen molar-refractivity contribution in [3.05, 3.63) is 18.0 Å². The molecule has 0 radical (unpaired) electrons. The first-order valence-corrected chi connectivity index (χ1v) is 5.23. The van der Waals surface area contributed by atoms with Crippen molar-refractivity contribution in [3.8, 4) is 0 Å². The Bertz CT molecular complexity index is 356. The number of nitrogens with zero attached hydrogens (tertiary/aromatic N) is 2. The third-order valence-corrected chi connectivity index (χ3v) is 3.16. The van der Waals surface area contributed by atoms with Gasteiger partial charge in [0.2, 0.25) is 5.91 Å². The van der Waals surface area contributed by atoms with Crippen LogP contribution in [0.4, 0.5) is 0 Å². The van der Waals surface area contributed by atoms with Crippen molar-refractivity contribution in [1.82, 2.24) is 15.1 Å². The maximum absolute atomic E-state index is 11.9. The van der Waals surface area contributed by atoms with Gasteiger partial charge in [-0.25, -0.2) is 0 Å². The number of amides is 1. The highest BCUT2D eigenvalue weighted by Crippen LogP contribution is 2.52. The summed E-state index contributed by atoms with van der Waals surface area (Å²) in [5, 5.41) is 6.61. The Morgan fingerprint density at radius 1 is 1.73 bits per heavy atom. The van der Waals surface area contributed by atoms with E-state index in [0.29, 0.717) is 6.54 Å². The van der Waals surface area contributed by atoms with Gasteiger partial charge in [-0.15, -0.1) is 0 Å². The smallest absolute Gasteiger partial charge is 0.226 e. The van der Waals surface area contributed by atoms with Crippen LogP contribution < -0.4 is 0 Å². The van der Waals surface area contributed by atoms with Crippen LogP contribution in [0.3, 0.4) is 0 Å². The van der Waals surface area contributed by atoms with Crippen LogP contribution in [-0.2, 0) is 11.3 Å². The summed E-state index contributed by atoms with van der Waals surface area (Å²) in [5.74, 6) is 0.468. The highest BCUT2D eigenvalue weighted by molar-refractivity contribution is 5.82. The number of rotatable bonds is 3. The van der Waals surface area contributed by atoms with E-state index in [1.165, 1.54) is 0 Å². The summed E-state index contributed by atoms with van der Waals surface area (Å²) in [4.78, 5) is 13.7. The molecule has 0 bridgehead atoms. The van der Waals surface area contributed by atoms with Crippen molar-refractivity contribution in [3.63, 3.8) is 0 Å². The third-order valence-electron chi connectivity index (χ3n) is 3.16. The van der Waals surface area contributed by atoms with Gasteiger partial charge in [-0.1, -0.05) is 13.8 Å². The second-order valence-electron chi connectivity index (χ2n) is 5.05. The Kier molecular flexibility index (Phi) is 2.29. The molecule has 0 aliphatic heterocycles. The fourth-order valence-corrected chi connectivity index (χ4v) is 1.87. The molecule has 1 saturated carbocycles. The Labute approximate surface area is 89.7 Å². The SMILES string of the molecule is CN(Cc1cn[nH]c1)C(=O)C1CC1(C)C. The molecule has 0 saturated heterocycles. The molecule has 1 aromatic rings. The number of carbonyl (C=O) groups is 1. The molecule has 4 nitrogen and oxygen atoms in total. The Morgan fingerprint density at radius 3 is 2.87 bits per heavy atom. The van der Waals surface area contributed by atoms with Gasteiger partial charge in [-0.05, 0) is 11.8 Å². The van der Waals surface area contributed by atoms with Crippen LogP contribution >= 0.6 is 0 Å². The summed E-state index contributed by atoms with van der Waals surface area (Å²) >= 11 is 0. The number of aromatic amines is 1. The molecule has 2 rings (SSSR count). The lowest BCUT2D eigenvalue weighted by atomic mass is 10.1. The number of carbonyl (C=O) groups excluding carboxylic acids is 1. The van der Waals surface area contributed by atoms with E-state index >= 15 is 0 Å². The monoisotopic (exact) mass is 207 g/mol. The number of hydrogen-bond donors (Lipinski definition) is 1. The van der Waals surface area contributed by atoms with E-state index in [2.05, 4.69) is 24.0 Å². The molecular weight excluding hydrogens is 190 g/mol. The van der Waals surface area contributed by atoms with Crippen LogP contribution in [0.25, 0.3) is 0 Å². The van der Waals surface area contributed by atoms with Gasteiger partial charge in [0.05, 0.1) is 6.20 Å². The zero-order valence-electron chi connectivity index (χ0n) is 9.45. The first-order chi connectivity index (χ1) is 7.00. The third kappa shape index (κ3) is 2.03. The lowest BCUT2D eigenvalue weighted by Crippen LogP contribution is -2.28. The van der Waals surface area contributed by atoms with Crippen molar-refractivity contribution in [2.24, 2.45) is 11.3 Å². The van der Waals surface area contributed by atoms with Gasteiger partial charge in [0, 0.05) is 31.3 Å². The summed E-state index contributed by atoms with van der Waals surface area (Å²) < 4.78 is 0. The van der Waals surface area contributed by atoms with Gasteiger partial charge in [0.1, 0.15) is 0 Å². The van der Waals surface area contributed by atoms with Crippen LogP contribution in [0.5, 0.6) is 0 Å². The predicted molar refractivity (Wildman–Crippen MR) is 56.9 cm³/mol.